The third kappa shape index (κ3) is 6.46. The summed E-state index contributed by atoms with van der Waals surface area (Å²) in [5.41, 5.74) is 0. The molecule has 3 N–H and O–H groups in total. The molecule has 1 unspecified atom stereocenters. The molecule has 0 aromatic heterocycles. The first-order valence-corrected chi connectivity index (χ1v) is 5.19. The van der Waals surface area contributed by atoms with Gasteiger partial charge in [-0.1, -0.05) is 0 Å². The molecule has 18 heavy (non-hydrogen) atoms. The van der Waals surface area contributed by atoms with Gasteiger partial charge in [-0.3, -0.25) is 14.4 Å². The van der Waals surface area contributed by atoms with Gasteiger partial charge in [0.2, 0.25) is 11.8 Å². The average molecular weight is 260 g/mol. The number of carboxylic acids is 2. The van der Waals surface area contributed by atoms with E-state index >= 15 is 0 Å². The Morgan fingerprint density at radius 3 is 2.17 bits per heavy atom. The summed E-state index contributed by atoms with van der Waals surface area (Å²) in [7, 11) is 1.40. The number of nitrogens with zero attached hydrogens (tertiary/aromatic N) is 1. The van der Waals surface area contributed by atoms with Crippen LogP contribution in [0, 0.1) is 0 Å². The SMILES string of the molecule is CC(=O)N(C)CC(=O)NC(CCC(=O)O)C(=O)O. The van der Waals surface area contributed by atoms with Crippen molar-refractivity contribution in [2.24, 2.45) is 0 Å². The largest absolute Gasteiger partial charge is 0.481 e. The Kier molecular flexibility index (Phi) is 6.40. The van der Waals surface area contributed by atoms with Crippen molar-refractivity contribution in [2.45, 2.75) is 25.8 Å². The average Bonchev–Trinajstić information content (AvgIpc) is 2.23. The zero-order valence-electron chi connectivity index (χ0n) is 10.2. The first kappa shape index (κ1) is 15.9. The number of amides is 2. The molecule has 8 nitrogen and oxygen atoms in total. The van der Waals surface area contributed by atoms with Crippen LogP contribution in [0.5, 0.6) is 0 Å². The van der Waals surface area contributed by atoms with Gasteiger partial charge in [0.15, 0.2) is 0 Å². The van der Waals surface area contributed by atoms with Crippen LogP contribution in [0.25, 0.3) is 0 Å². The number of rotatable bonds is 7. The van der Waals surface area contributed by atoms with Gasteiger partial charge in [-0.2, -0.15) is 0 Å². The third-order valence-corrected chi connectivity index (χ3v) is 2.20. The number of hydrogen-bond acceptors (Lipinski definition) is 4. The van der Waals surface area contributed by atoms with Crippen LogP contribution in [0.1, 0.15) is 19.8 Å². The molecule has 1 atom stereocenters. The second-order valence-corrected chi connectivity index (χ2v) is 3.77. The van der Waals surface area contributed by atoms with Crippen LogP contribution in [-0.4, -0.2) is 58.5 Å². The van der Waals surface area contributed by atoms with Crippen LogP contribution in [0.3, 0.4) is 0 Å². The van der Waals surface area contributed by atoms with E-state index in [1.807, 2.05) is 0 Å². The summed E-state index contributed by atoms with van der Waals surface area (Å²) in [6.07, 6.45) is -0.569. The van der Waals surface area contributed by atoms with Crippen LogP contribution in [0.15, 0.2) is 0 Å². The van der Waals surface area contributed by atoms with E-state index in [1.165, 1.54) is 14.0 Å². The Morgan fingerprint density at radius 2 is 1.78 bits per heavy atom. The van der Waals surface area contributed by atoms with E-state index in [4.69, 9.17) is 10.2 Å². The molecule has 0 aliphatic rings. The lowest BCUT2D eigenvalue weighted by Gasteiger charge is -2.17. The molecule has 0 radical (unpaired) electrons. The molecule has 0 spiro atoms. The topological polar surface area (TPSA) is 124 Å². The van der Waals surface area contributed by atoms with Crippen molar-refractivity contribution in [3.8, 4) is 0 Å². The van der Waals surface area contributed by atoms with Crippen molar-refractivity contribution in [3.05, 3.63) is 0 Å². The standard InChI is InChI=1S/C10H16N2O6/c1-6(13)12(2)5-8(14)11-7(10(17)18)3-4-9(15)16/h7H,3-5H2,1-2H3,(H,11,14)(H,15,16)(H,17,18). The van der Waals surface area contributed by atoms with Crippen molar-refractivity contribution < 1.29 is 29.4 Å². The molecule has 0 aliphatic carbocycles. The number of hydrogen-bond donors (Lipinski definition) is 3. The molecule has 8 heteroatoms. The fourth-order valence-corrected chi connectivity index (χ4v) is 1.09. The number of carboxylic acid groups (broad SMARTS) is 2. The summed E-state index contributed by atoms with van der Waals surface area (Å²) in [6, 6.07) is -1.27. The van der Waals surface area contributed by atoms with E-state index < -0.39 is 23.9 Å². The highest BCUT2D eigenvalue weighted by atomic mass is 16.4. The van der Waals surface area contributed by atoms with Gasteiger partial charge in [0.25, 0.3) is 0 Å². The van der Waals surface area contributed by atoms with Crippen LogP contribution >= 0.6 is 0 Å². The lowest BCUT2D eigenvalue weighted by Crippen LogP contribution is -2.45. The summed E-state index contributed by atoms with van der Waals surface area (Å²) in [5.74, 6) is -3.43. The Balaban J connectivity index is 4.32. The molecule has 0 aromatic carbocycles. The molecule has 0 rings (SSSR count). The lowest BCUT2D eigenvalue weighted by atomic mass is 10.1. The van der Waals surface area contributed by atoms with Gasteiger partial charge in [-0.05, 0) is 6.42 Å². The fourth-order valence-electron chi connectivity index (χ4n) is 1.09. The highest BCUT2D eigenvalue weighted by molar-refractivity contribution is 5.87. The fraction of sp³-hybridized carbons (Fsp3) is 0.600. The minimum absolute atomic E-state index is 0.208. The van der Waals surface area contributed by atoms with Gasteiger partial charge in [0, 0.05) is 20.4 Å². The van der Waals surface area contributed by atoms with E-state index in [2.05, 4.69) is 5.32 Å². The predicted octanol–water partition coefficient (Wildman–Crippen LogP) is -1.10. The second kappa shape index (κ2) is 7.25. The Labute approximate surface area is 104 Å². The number of carbonyl (C=O) groups excluding carboxylic acids is 2. The molecule has 0 fully saturated rings. The van der Waals surface area contributed by atoms with Crippen molar-refractivity contribution >= 4 is 23.8 Å². The molecule has 0 saturated heterocycles. The maximum atomic E-state index is 11.4. The molecular weight excluding hydrogens is 244 g/mol. The number of nitrogens with one attached hydrogen (secondary N) is 1. The maximum absolute atomic E-state index is 11.4. The summed E-state index contributed by atoms with van der Waals surface area (Å²) in [5, 5.41) is 19.4. The maximum Gasteiger partial charge on any atom is 0.326 e. The van der Waals surface area contributed by atoms with Gasteiger partial charge >= 0.3 is 11.9 Å². The van der Waals surface area contributed by atoms with Gasteiger partial charge in [-0.15, -0.1) is 0 Å². The summed E-state index contributed by atoms with van der Waals surface area (Å²) in [6.45, 7) is 0.999. The monoisotopic (exact) mass is 260 g/mol. The molecule has 0 bridgehead atoms. The summed E-state index contributed by atoms with van der Waals surface area (Å²) >= 11 is 0. The third-order valence-electron chi connectivity index (χ3n) is 2.20. The molecule has 0 heterocycles. The molecule has 0 aromatic rings. The van der Waals surface area contributed by atoms with Crippen molar-refractivity contribution in [1.82, 2.24) is 10.2 Å². The zero-order chi connectivity index (χ0) is 14.3. The van der Waals surface area contributed by atoms with Crippen molar-refractivity contribution in [1.29, 1.82) is 0 Å². The second-order valence-electron chi connectivity index (χ2n) is 3.77. The summed E-state index contributed by atoms with van der Waals surface area (Å²) < 4.78 is 0. The zero-order valence-corrected chi connectivity index (χ0v) is 10.2. The molecule has 0 aliphatic heterocycles. The van der Waals surface area contributed by atoms with Crippen LogP contribution in [0.4, 0.5) is 0 Å². The molecular formula is C10H16N2O6. The Bertz CT molecular complexity index is 354. The van der Waals surface area contributed by atoms with Gasteiger partial charge in [0.05, 0.1) is 6.54 Å². The Hall–Kier alpha value is -2.12. The van der Waals surface area contributed by atoms with E-state index in [-0.39, 0.29) is 25.3 Å². The van der Waals surface area contributed by atoms with Gasteiger partial charge in [0.1, 0.15) is 6.04 Å². The van der Waals surface area contributed by atoms with Crippen LogP contribution < -0.4 is 5.32 Å². The smallest absolute Gasteiger partial charge is 0.326 e. The van der Waals surface area contributed by atoms with Crippen LogP contribution in [0.2, 0.25) is 0 Å². The van der Waals surface area contributed by atoms with Crippen LogP contribution in [-0.2, 0) is 19.2 Å². The predicted molar refractivity (Wildman–Crippen MR) is 59.7 cm³/mol. The van der Waals surface area contributed by atoms with E-state index in [9.17, 15) is 19.2 Å². The first-order chi connectivity index (χ1) is 8.23. The first-order valence-electron chi connectivity index (χ1n) is 5.19. The van der Waals surface area contributed by atoms with E-state index in [0.717, 1.165) is 4.90 Å². The highest BCUT2D eigenvalue weighted by Gasteiger charge is 2.21. The molecule has 0 saturated carbocycles. The van der Waals surface area contributed by atoms with Crippen molar-refractivity contribution in [2.75, 3.05) is 13.6 Å². The summed E-state index contributed by atoms with van der Waals surface area (Å²) in [4.78, 5) is 44.5. The normalized spacial score (nSPS) is 11.4. The Morgan fingerprint density at radius 1 is 1.22 bits per heavy atom. The minimum atomic E-state index is -1.31. The number of carbonyl (C=O) groups is 4. The number of likely N-dealkylation sites (N-methyl/N-ethyl adjacent to an activating group) is 1. The van der Waals surface area contributed by atoms with Crippen molar-refractivity contribution in [3.63, 3.8) is 0 Å². The van der Waals surface area contributed by atoms with E-state index in [1.54, 1.807) is 0 Å². The number of aliphatic carboxylic acids is 2. The van der Waals surface area contributed by atoms with E-state index in [0.29, 0.717) is 0 Å². The van der Waals surface area contributed by atoms with Gasteiger partial charge < -0.3 is 20.4 Å². The van der Waals surface area contributed by atoms with Gasteiger partial charge in [-0.25, -0.2) is 4.79 Å². The minimum Gasteiger partial charge on any atom is -0.481 e. The molecule has 2 amide bonds. The molecule has 102 valence electrons. The quantitative estimate of drug-likeness (QED) is 0.533. The highest BCUT2D eigenvalue weighted by Crippen LogP contribution is 1.98. The lowest BCUT2D eigenvalue weighted by molar-refractivity contribution is -0.143.